The number of hydrogen-bond acceptors (Lipinski definition) is 3. The van der Waals surface area contributed by atoms with E-state index in [0.717, 1.165) is 51.1 Å². The Kier molecular flexibility index (Phi) is 5.77. The second-order valence-corrected chi connectivity index (χ2v) is 7.08. The van der Waals surface area contributed by atoms with E-state index in [-0.39, 0.29) is 0 Å². The van der Waals surface area contributed by atoms with Crippen LogP contribution in [0, 0.1) is 11.8 Å². The van der Waals surface area contributed by atoms with Crippen molar-refractivity contribution in [2.45, 2.75) is 52.1 Å². The maximum atomic E-state index is 12.3. The lowest BCUT2D eigenvalue weighted by Gasteiger charge is -2.39. The number of ether oxygens (including phenoxy) is 1. The van der Waals surface area contributed by atoms with Gasteiger partial charge in [0, 0.05) is 31.6 Å². The first-order valence-electron chi connectivity index (χ1n) is 9.45. The maximum absolute atomic E-state index is 12.3. The number of carbonyl (C=O) groups is 1. The molecular weight excluding hydrogens is 300 g/mol. The van der Waals surface area contributed by atoms with Crippen molar-refractivity contribution in [3.05, 3.63) is 29.8 Å². The van der Waals surface area contributed by atoms with Gasteiger partial charge < -0.3 is 15.0 Å². The van der Waals surface area contributed by atoms with Crippen LogP contribution in [0.2, 0.25) is 0 Å². The largest absolute Gasteiger partial charge is 0.494 e. The molecule has 3 rings (SSSR count). The van der Waals surface area contributed by atoms with E-state index >= 15 is 0 Å². The summed E-state index contributed by atoms with van der Waals surface area (Å²) in [6.45, 7) is 7.62. The molecule has 2 atom stereocenters. The summed E-state index contributed by atoms with van der Waals surface area (Å²) >= 11 is 0. The third-order valence-electron chi connectivity index (χ3n) is 5.27. The van der Waals surface area contributed by atoms with E-state index in [1.54, 1.807) is 0 Å². The second kappa shape index (κ2) is 8.02. The third kappa shape index (κ3) is 4.29. The molecule has 0 bridgehead atoms. The van der Waals surface area contributed by atoms with E-state index in [4.69, 9.17) is 4.74 Å². The lowest BCUT2D eigenvalue weighted by atomic mass is 9.89. The highest BCUT2D eigenvalue weighted by Gasteiger charge is 2.37. The highest BCUT2D eigenvalue weighted by molar-refractivity contribution is 5.81. The highest BCUT2D eigenvalue weighted by Crippen LogP contribution is 2.33. The van der Waals surface area contributed by atoms with E-state index in [9.17, 15) is 4.79 Å². The number of benzene rings is 1. The van der Waals surface area contributed by atoms with Crippen LogP contribution in [-0.2, 0) is 11.3 Å². The third-order valence-corrected chi connectivity index (χ3v) is 5.27. The van der Waals surface area contributed by atoms with Crippen LogP contribution in [0.3, 0.4) is 0 Å². The molecule has 1 heterocycles. The van der Waals surface area contributed by atoms with Gasteiger partial charge in [-0.25, -0.2) is 0 Å². The van der Waals surface area contributed by atoms with Crippen LogP contribution in [0.1, 0.15) is 45.1 Å². The van der Waals surface area contributed by atoms with Crippen LogP contribution in [0.25, 0.3) is 0 Å². The fourth-order valence-corrected chi connectivity index (χ4v) is 3.66. The fraction of sp³-hybridized carbons (Fsp3) is 0.650. The van der Waals surface area contributed by atoms with Crippen molar-refractivity contribution in [2.75, 3.05) is 19.7 Å². The summed E-state index contributed by atoms with van der Waals surface area (Å²) < 4.78 is 5.58. The zero-order valence-corrected chi connectivity index (χ0v) is 15.0. The minimum absolute atomic E-state index is 0.341. The molecular formula is C20H30N2O2. The van der Waals surface area contributed by atoms with E-state index in [1.807, 2.05) is 13.0 Å². The minimum atomic E-state index is 0.341. The molecule has 1 amide bonds. The summed E-state index contributed by atoms with van der Waals surface area (Å²) in [5.74, 6) is 2.23. The van der Waals surface area contributed by atoms with Crippen LogP contribution < -0.4 is 10.1 Å². The Labute approximate surface area is 145 Å². The van der Waals surface area contributed by atoms with Gasteiger partial charge in [-0.05, 0) is 49.8 Å². The molecule has 1 saturated carbocycles. The SMILES string of the molecule is CCOc1cccc(CN[C@H]2CCN(C(=O)C3CC3)C[C@H]2CC)c1. The molecule has 0 aromatic heterocycles. The molecule has 2 aliphatic rings. The molecule has 1 aromatic carbocycles. The van der Waals surface area contributed by atoms with Gasteiger partial charge in [0.05, 0.1) is 6.61 Å². The molecule has 1 aliphatic carbocycles. The molecule has 1 aromatic rings. The van der Waals surface area contributed by atoms with Gasteiger partial charge in [0.1, 0.15) is 5.75 Å². The monoisotopic (exact) mass is 330 g/mol. The van der Waals surface area contributed by atoms with Crippen molar-refractivity contribution in [3.8, 4) is 5.75 Å². The Morgan fingerprint density at radius 1 is 1.29 bits per heavy atom. The van der Waals surface area contributed by atoms with Gasteiger partial charge in [-0.1, -0.05) is 25.5 Å². The number of piperidine rings is 1. The number of carbonyl (C=O) groups excluding carboxylic acids is 1. The number of amides is 1. The number of hydrogen-bond donors (Lipinski definition) is 1. The smallest absolute Gasteiger partial charge is 0.225 e. The van der Waals surface area contributed by atoms with Crippen molar-refractivity contribution in [1.82, 2.24) is 10.2 Å². The molecule has 4 heteroatoms. The molecule has 0 unspecified atom stereocenters. The molecule has 24 heavy (non-hydrogen) atoms. The lowest BCUT2D eigenvalue weighted by Crippen LogP contribution is -2.51. The average Bonchev–Trinajstić information content (AvgIpc) is 3.45. The normalized spacial score (nSPS) is 24.0. The van der Waals surface area contributed by atoms with Gasteiger partial charge in [-0.15, -0.1) is 0 Å². The summed E-state index contributed by atoms with van der Waals surface area (Å²) in [7, 11) is 0. The predicted molar refractivity (Wildman–Crippen MR) is 95.9 cm³/mol. The first-order valence-corrected chi connectivity index (χ1v) is 9.45. The van der Waals surface area contributed by atoms with E-state index < -0.39 is 0 Å². The summed E-state index contributed by atoms with van der Waals surface area (Å²) in [6.07, 6.45) is 4.38. The maximum Gasteiger partial charge on any atom is 0.225 e. The van der Waals surface area contributed by atoms with Crippen LogP contribution in [0.15, 0.2) is 24.3 Å². The molecule has 0 radical (unpaired) electrons. The van der Waals surface area contributed by atoms with Gasteiger partial charge >= 0.3 is 0 Å². The topological polar surface area (TPSA) is 41.6 Å². The highest BCUT2D eigenvalue weighted by atomic mass is 16.5. The Morgan fingerprint density at radius 2 is 2.12 bits per heavy atom. The van der Waals surface area contributed by atoms with Crippen molar-refractivity contribution in [1.29, 1.82) is 0 Å². The summed E-state index contributed by atoms with van der Waals surface area (Å²) in [5.41, 5.74) is 1.26. The van der Waals surface area contributed by atoms with Gasteiger partial charge in [0.25, 0.3) is 0 Å². The van der Waals surface area contributed by atoms with Crippen LogP contribution in [0.4, 0.5) is 0 Å². The molecule has 4 nitrogen and oxygen atoms in total. The number of likely N-dealkylation sites (tertiary alicyclic amines) is 1. The van der Waals surface area contributed by atoms with Crippen LogP contribution in [-0.4, -0.2) is 36.5 Å². The van der Waals surface area contributed by atoms with Gasteiger partial charge in [-0.3, -0.25) is 4.79 Å². The van der Waals surface area contributed by atoms with Gasteiger partial charge in [-0.2, -0.15) is 0 Å². The molecule has 1 aliphatic heterocycles. The zero-order valence-electron chi connectivity index (χ0n) is 15.0. The second-order valence-electron chi connectivity index (χ2n) is 7.08. The molecule has 2 fully saturated rings. The minimum Gasteiger partial charge on any atom is -0.494 e. The van der Waals surface area contributed by atoms with Crippen molar-refractivity contribution < 1.29 is 9.53 Å². The van der Waals surface area contributed by atoms with E-state index in [1.165, 1.54) is 5.56 Å². The summed E-state index contributed by atoms with van der Waals surface area (Å²) in [4.78, 5) is 14.4. The Morgan fingerprint density at radius 3 is 2.83 bits per heavy atom. The number of rotatable bonds is 7. The first-order chi connectivity index (χ1) is 11.7. The Balaban J connectivity index is 1.53. The fourth-order valence-electron chi connectivity index (χ4n) is 3.66. The molecule has 0 spiro atoms. The lowest BCUT2D eigenvalue weighted by molar-refractivity contribution is -0.134. The Bertz CT molecular complexity index is 556. The van der Waals surface area contributed by atoms with E-state index in [0.29, 0.717) is 30.4 Å². The molecule has 1 N–H and O–H groups in total. The van der Waals surface area contributed by atoms with Crippen molar-refractivity contribution in [2.24, 2.45) is 11.8 Å². The quantitative estimate of drug-likeness (QED) is 0.835. The van der Waals surface area contributed by atoms with Crippen LogP contribution >= 0.6 is 0 Å². The van der Waals surface area contributed by atoms with Gasteiger partial charge in [0.2, 0.25) is 5.91 Å². The number of nitrogens with one attached hydrogen (secondary N) is 1. The standard InChI is InChI=1S/C20H30N2O2/c1-3-16-14-22(20(23)17-8-9-17)11-10-19(16)21-13-15-6-5-7-18(12-15)24-4-2/h5-7,12,16-17,19,21H,3-4,8-11,13-14H2,1-2H3/t16-,19+/m1/s1. The zero-order chi connectivity index (χ0) is 16.9. The average molecular weight is 330 g/mol. The van der Waals surface area contributed by atoms with Gasteiger partial charge in [0.15, 0.2) is 0 Å². The summed E-state index contributed by atoms with van der Waals surface area (Å²) in [6, 6.07) is 8.81. The van der Waals surface area contributed by atoms with Crippen molar-refractivity contribution >= 4 is 5.91 Å². The predicted octanol–water partition coefficient (Wildman–Crippen LogP) is 3.21. The number of nitrogens with zero attached hydrogens (tertiary/aromatic N) is 1. The van der Waals surface area contributed by atoms with E-state index in [2.05, 4.69) is 35.3 Å². The molecule has 132 valence electrons. The van der Waals surface area contributed by atoms with Crippen LogP contribution in [0.5, 0.6) is 5.75 Å². The Hall–Kier alpha value is -1.55. The molecule has 1 saturated heterocycles. The summed E-state index contributed by atoms with van der Waals surface area (Å²) in [5, 5.41) is 3.72. The first kappa shape index (κ1) is 17.3. The van der Waals surface area contributed by atoms with Crippen molar-refractivity contribution in [3.63, 3.8) is 0 Å².